The number of amides is 1. The summed E-state index contributed by atoms with van der Waals surface area (Å²) < 4.78 is 6.88. The Hall–Kier alpha value is -3.58. The summed E-state index contributed by atoms with van der Waals surface area (Å²) in [5.41, 5.74) is 2.95. The van der Waals surface area contributed by atoms with Crippen molar-refractivity contribution < 1.29 is 9.53 Å². The summed E-state index contributed by atoms with van der Waals surface area (Å²) in [7, 11) is 5.07. The van der Waals surface area contributed by atoms with Crippen LogP contribution in [0, 0.1) is 0 Å². The Balaban J connectivity index is 1.69. The number of thioether (sulfide) groups is 1. The van der Waals surface area contributed by atoms with Crippen LogP contribution in [0.3, 0.4) is 0 Å². The van der Waals surface area contributed by atoms with Crippen LogP contribution in [0.25, 0.3) is 16.6 Å². The maximum absolute atomic E-state index is 13.3. The van der Waals surface area contributed by atoms with E-state index < -0.39 is 0 Å². The van der Waals surface area contributed by atoms with Crippen molar-refractivity contribution in [2.24, 2.45) is 0 Å². The molecule has 4 aromatic rings. The lowest BCUT2D eigenvalue weighted by Crippen LogP contribution is -2.22. The normalized spacial score (nSPS) is 10.8. The molecule has 0 aliphatic rings. The molecular formula is C25H23N3O3S. The van der Waals surface area contributed by atoms with E-state index in [0.29, 0.717) is 27.4 Å². The SMILES string of the molecule is COc1ccc(-n2c(SCc3ccc(C(=O)N(C)C)cc3)nc3ccccc3c2=O)cc1. The quantitative estimate of drug-likeness (QED) is 0.325. The number of aromatic nitrogens is 2. The predicted molar refractivity (Wildman–Crippen MR) is 128 cm³/mol. The molecule has 6 nitrogen and oxygen atoms in total. The first kappa shape index (κ1) is 21.6. The number of ether oxygens (including phenoxy) is 1. The lowest BCUT2D eigenvalue weighted by atomic mass is 10.1. The van der Waals surface area contributed by atoms with E-state index in [4.69, 9.17) is 9.72 Å². The van der Waals surface area contributed by atoms with Gasteiger partial charge in [0.15, 0.2) is 5.16 Å². The number of hydrogen-bond acceptors (Lipinski definition) is 5. The molecule has 0 spiro atoms. The highest BCUT2D eigenvalue weighted by Crippen LogP contribution is 2.25. The van der Waals surface area contributed by atoms with Crippen LogP contribution in [-0.4, -0.2) is 41.6 Å². The van der Waals surface area contributed by atoms with E-state index >= 15 is 0 Å². The topological polar surface area (TPSA) is 64.4 Å². The third kappa shape index (κ3) is 4.38. The van der Waals surface area contributed by atoms with Crippen LogP contribution in [0.1, 0.15) is 15.9 Å². The fourth-order valence-corrected chi connectivity index (χ4v) is 4.29. The van der Waals surface area contributed by atoms with Crippen molar-refractivity contribution >= 4 is 28.6 Å². The van der Waals surface area contributed by atoms with Crippen molar-refractivity contribution in [3.63, 3.8) is 0 Å². The average Bonchev–Trinajstić information content (AvgIpc) is 2.83. The van der Waals surface area contributed by atoms with Crippen molar-refractivity contribution in [3.05, 3.63) is 94.3 Å². The molecule has 0 N–H and O–H groups in total. The molecule has 162 valence electrons. The molecule has 0 saturated carbocycles. The first-order chi connectivity index (χ1) is 15.5. The number of benzene rings is 3. The Kier molecular flexibility index (Phi) is 6.28. The number of fused-ring (bicyclic) bond motifs is 1. The third-order valence-electron chi connectivity index (χ3n) is 5.05. The number of methoxy groups -OCH3 is 1. The summed E-state index contributed by atoms with van der Waals surface area (Å²) >= 11 is 1.48. The van der Waals surface area contributed by atoms with Crippen molar-refractivity contribution in [1.82, 2.24) is 14.5 Å². The van der Waals surface area contributed by atoms with Gasteiger partial charge in [0.2, 0.25) is 0 Å². The van der Waals surface area contributed by atoms with Crippen LogP contribution in [0.5, 0.6) is 5.75 Å². The predicted octanol–water partition coefficient (Wildman–Crippen LogP) is 4.39. The molecule has 3 aromatic carbocycles. The number of nitrogens with zero attached hydrogens (tertiary/aromatic N) is 3. The van der Waals surface area contributed by atoms with Gasteiger partial charge >= 0.3 is 0 Å². The van der Waals surface area contributed by atoms with E-state index in [2.05, 4.69) is 0 Å². The van der Waals surface area contributed by atoms with E-state index in [9.17, 15) is 9.59 Å². The van der Waals surface area contributed by atoms with Gasteiger partial charge in [-0.2, -0.15) is 0 Å². The van der Waals surface area contributed by atoms with E-state index in [1.807, 2.05) is 66.7 Å². The fourth-order valence-electron chi connectivity index (χ4n) is 3.32. The van der Waals surface area contributed by atoms with Crippen molar-refractivity contribution in [3.8, 4) is 11.4 Å². The molecule has 0 aliphatic heterocycles. The zero-order valence-corrected chi connectivity index (χ0v) is 18.9. The molecule has 0 unspecified atom stereocenters. The van der Waals surface area contributed by atoms with Crippen molar-refractivity contribution in [1.29, 1.82) is 0 Å². The fraction of sp³-hybridized carbons (Fsp3) is 0.160. The summed E-state index contributed by atoms with van der Waals surface area (Å²) in [5.74, 6) is 1.29. The first-order valence-corrected chi connectivity index (χ1v) is 11.1. The summed E-state index contributed by atoms with van der Waals surface area (Å²) in [6.45, 7) is 0. The summed E-state index contributed by atoms with van der Waals surface area (Å²) in [6, 6.07) is 22.2. The van der Waals surface area contributed by atoms with Gasteiger partial charge in [-0.15, -0.1) is 0 Å². The zero-order valence-electron chi connectivity index (χ0n) is 18.1. The minimum atomic E-state index is -0.116. The highest BCUT2D eigenvalue weighted by atomic mass is 32.2. The molecule has 7 heteroatoms. The van der Waals surface area contributed by atoms with Crippen LogP contribution in [0.4, 0.5) is 0 Å². The molecule has 0 bridgehead atoms. The monoisotopic (exact) mass is 445 g/mol. The second kappa shape index (κ2) is 9.28. The largest absolute Gasteiger partial charge is 0.497 e. The first-order valence-electron chi connectivity index (χ1n) is 10.1. The lowest BCUT2D eigenvalue weighted by Gasteiger charge is -2.14. The molecule has 1 heterocycles. The Bertz CT molecular complexity index is 1310. The van der Waals surface area contributed by atoms with E-state index in [-0.39, 0.29) is 11.5 Å². The van der Waals surface area contributed by atoms with Crippen LogP contribution in [0.2, 0.25) is 0 Å². The molecule has 0 radical (unpaired) electrons. The third-order valence-corrected chi connectivity index (χ3v) is 6.06. The smallest absolute Gasteiger partial charge is 0.266 e. The molecule has 1 amide bonds. The Morgan fingerprint density at radius 1 is 1.00 bits per heavy atom. The molecule has 0 aliphatic carbocycles. The lowest BCUT2D eigenvalue weighted by molar-refractivity contribution is 0.0827. The van der Waals surface area contributed by atoms with Gasteiger partial charge in [-0.1, -0.05) is 36.0 Å². The molecule has 0 atom stereocenters. The minimum Gasteiger partial charge on any atom is -0.497 e. The van der Waals surface area contributed by atoms with Gasteiger partial charge < -0.3 is 9.64 Å². The highest BCUT2D eigenvalue weighted by molar-refractivity contribution is 7.98. The van der Waals surface area contributed by atoms with E-state index in [1.54, 1.807) is 36.7 Å². The average molecular weight is 446 g/mol. The van der Waals surface area contributed by atoms with Gasteiger partial charge in [0.05, 0.1) is 23.7 Å². The number of hydrogen-bond donors (Lipinski definition) is 0. The second-order valence-corrected chi connectivity index (χ2v) is 8.38. The maximum Gasteiger partial charge on any atom is 0.266 e. The van der Waals surface area contributed by atoms with Crippen LogP contribution < -0.4 is 10.3 Å². The maximum atomic E-state index is 13.3. The van der Waals surface area contributed by atoms with Gasteiger partial charge in [-0.25, -0.2) is 4.98 Å². The standard InChI is InChI=1S/C25H23N3O3S/c1-27(2)23(29)18-10-8-17(9-11-18)16-32-25-26-22-7-5-4-6-21(22)24(30)28(25)19-12-14-20(31-3)15-13-19/h4-15H,16H2,1-3H3. The van der Waals surface area contributed by atoms with E-state index in [1.165, 1.54) is 11.8 Å². The summed E-state index contributed by atoms with van der Waals surface area (Å²) in [6.07, 6.45) is 0. The molecule has 32 heavy (non-hydrogen) atoms. The second-order valence-electron chi connectivity index (χ2n) is 7.44. The molecule has 4 rings (SSSR count). The molecular weight excluding hydrogens is 422 g/mol. The Morgan fingerprint density at radius 3 is 2.34 bits per heavy atom. The van der Waals surface area contributed by atoms with Crippen LogP contribution in [-0.2, 0) is 5.75 Å². The summed E-state index contributed by atoms with van der Waals surface area (Å²) in [5, 5.41) is 1.17. The number of carbonyl (C=O) groups is 1. The van der Waals surface area contributed by atoms with E-state index in [0.717, 1.165) is 17.0 Å². The van der Waals surface area contributed by atoms with Gasteiger partial charge in [0.25, 0.3) is 11.5 Å². The molecule has 1 aromatic heterocycles. The summed E-state index contributed by atoms with van der Waals surface area (Å²) in [4.78, 5) is 31.8. The Labute approximate surface area is 190 Å². The van der Waals surface area contributed by atoms with Crippen LogP contribution in [0.15, 0.2) is 82.7 Å². The Morgan fingerprint density at radius 2 is 1.69 bits per heavy atom. The highest BCUT2D eigenvalue weighted by Gasteiger charge is 2.14. The van der Waals surface area contributed by atoms with Crippen LogP contribution >= 0.6 is 11.8 Å². The molecule has 0 saturated heterocycles. The van der Waals surface area contributed by atoms with Gasteiger partial charge in [-0.05, 0) is 54.1 Å². The van der Waals surface area contributed by atoms with Gasteiger partial charge in [-0.3, -0.25) is 14.2 Å². The molecule has 0 fully saturated rings. The van der Waals surface area contributed by atoms with Crippen molar-refractivity contribution in [2.75, 3.05) is 21.2 Å². The number of rotatable bonds is 6. The van der Waals surface area contributed by atoms with Gasteiger partial charge in [0.1, 0.15) is 5.75 Å². The number of para-hydroxylation sites is 1. The number of carbonyl (C=O) groups excluding carboxylic acids is 1. The van der Waals surface area contributed by atoms with Gasteiger partial charge in [0, 0.05) is 25.4 Å². The van der Waals surface area contributed by atoms with Crippen molar-refractivity contribution in [2.45, 2.75) is 10.9 Å². The minimum absolute atomic E-state index is 0.0336. The zero-order chi connectivity index (χ0) is 22.7.